The summed E-state index contributed by atoms with van der Waals surface area (Å²) >= 11 is 0. The molecule has 0 bridgehead atoms. The summed E-state index contributed by atoms with van der Waals surface area (Å²) in [6.07, 6.45) is 3.23. The Kier molecular flexibility index (Phi) is 6.29. The lowest BCUT2D eigenvalue weighted by molar-refractivity contribution is -0.179. The van der Waals surface area contributed by atoms with Crippen LogP contribution in [0.1, 0.15) is 56.7 Å². The third kappa shape index (κ3) is 4.19. The Labute approximate surface area is 183 Å². The minimum absolute atomic E-state index is 0.0387. The first-order chi connectivity index (χ1) is 14.9. The highest BCUT2D eigenvalue weighted by Gasteiger charge is 2.50. The molecule has 3 aliphatic rings. The van der Waals surface area contributed by atoms with E-state index in [2.05, 4.69) is 28.1 Å². The van der Waals surface area contributed by atoms with E-state index in [9.17, 15) is 14.4 Å². The molecule has 31 heavy (non-hydrogen) atoms. The number of aryl methyl sites for hydroxylation is 1. The zero-order valence-electron chi connectivity index (χ0n) is 18.4. The highest BCUT2D eigenvalue weighted by atomic mass is 16.5. The molecule has 6 atom stereocenters. The van der Waals surface area contributed by atoms with E-state index in [1.807, 2.05) is 12.1 Å². The quantitative estimate of drug-likeness (QED) is 0.650. The molecular formula is C23H32N4O4. The summed E-state index contributed by atoms with van der Waals surface area (Å²) in [6, 6.07) is 6.36. The van der Waals surface area contributed by atoms with Crippen LogP contribution in [0.5, 0.6) is 0 Å². The zero-order valence-corrected chi connectivity index (χ0v) is 18.4. The number of nitrogens with one attached hydrogen (secondary N) is 3. The molecule has 2 saturated heterocycles. The molecule has 3 N–H and O–H groups in total. The maximum atomic E-state index is 13.3. The number of fused-ring (bicyclic) bond motifs is 2. The summed E-state index contributed by atoms with van der Waals surface area (Å²) in [7, 11) is 1.69. The minimum atomic E-state index is -0.802. The third-order valence-electron chi connectivity index (χ3n) is 6.81. The predicted molar refractivity (Wildman–Crippen MR) is 115 cm³/mol. The molecule has 2 heterocycles. The van der Waals surface area contributed by atoms with Crippen molar-refractivity contribution in [3.63, 3.8) is 0 Å². The molecule has 1 aromatic carbocycles. The average molecular weight is 429 g/mol. The first-order valence-corrected chi connectivity index (χ1v) is 11.2. The molecule has 2 fully saturated rings. The Morgan fingerprint density at radius 2 is 1.94 bits per heavy atom. The van der Waals surface area contributed by atoms with Crippen molar-refractivity contribution in [1.82, 2.24) is 20.9 Å². The molecular weight excluding hydrogens is 396 g/mol. The van der Waals surface area contributed by atoms with Gasteiger partial charge in [-0.3, -0.25) is 14.4 Å². The fourth-order valence-electron chi connectivity index (χ4n) is 4.91. The topological polar surface area (TPSA) is 99.8 Å². The fourth-order valence-corrected chi connectivity index (χ4v) is 4.91. The van der Waals surface area contributed by atoms with E-state index < -0.39 is 30.5 Å². The summed E-state index contributed by atoms with van der Waals surface area (Å²) in [6.45, 7) is 3.52. The first-order valence-electron chi connectivity index (χ1n) is 11.2. The molecule has 2 aliphatic heterocycles. The van der Waals surface area contributed by atoms with Crippen molar-refractivity contribution in [3.8, 4) is 0 Å². The second-order valence-corrected chi connectivity index (χ2v) is 8.78. The van der Waals surface area contributed by atoms with Crippen molar-refractivity contribution in [2.24, 2.45) is 0 Å². The van der Waals surface area contributed by atoms with Crippen LogP contribution in [0.25, 0.3) is 0 Å². The molecule has 3 amide bonds. The van der Waals surface area contributed by atoms with Gasteiger partial charge in [-0.2, -0.15) is 0 Å². The summed E-state index contributed by atoms with van der Waals surface area (Å²) in [5.41, 5.74) is 2.44. The lowest BCUT2D eigenvalue weighted by Crippen LogP contribution is -2.65. The number of benzene rings is 1. The summed E-state index contributed by atoms with van der Waals surface area (Å²) in [5.74, 6) is -0.666. The second-order valence-electron chi connectivity index (χ2n) is 8.78. The lowest BCUT2D eigenvalue weighted by atomic mass is 9.87. The van der Waals surface area contributed by atoms with E-state index in [-0.39, 0.29) is 23.8 Å². The molecule has 0 radical (unpaired) electrons. The van der Waals surface area contributed by atoms with E-state index in [1.165, 1.54) is 5.56 Å². The SMILES string of the molecule is CNC(C)C(=O)NC1C(=O)N2C(CCC2C(=O)NC2CCCc3ccccc32)OC1C. The van der Waals surface area contributed by atoms with Crippen LogP contribution >= 0.6 is 0 Å². The maximum Gasteiger partial charge on any atom is 0.250 e. The van der Waals surface area contributed by atoms with E-state index in [1.54, 1.807) is 25.8 Å². The number of nitrogens with zero attached hydrogens (tertiary/aromatic N) is 1. The fraction of sp³-hybridized carbons (Fsp3) is 0.609. The van der Waals surface area contributed by atoms with Gasteiger partial charge in [-0.05, 0) is 64.1 Å². The van der Waals surface area contributed by atoms with Gasteiger partial charge in [0.2, 0.25) is 11.8 Å². The van der Waals surface area contributed by atoms with Crippen LogP contribution in [0.4, 0.5) is 0 Å². The van der Waals surface area contributed by atoms with Gasteiger partial charge in [0.25, 0.3) is 5.91 Å². The highest BCUT2D eigenvalue weighted by molar-refractivity contribution is 5.94. The van der Waals surface area contributed by atoms with Gasteiger partial charge in [0.05, 0.1) is 18.2 Å². The van der Waals surface area contributed by atoms with Gasteiger partial charge >= 0.3 is 0 Å². The number of carbonyl (C=O) groups is 3. The van der Waals surface area contributed by atoms with Crippen molar-refractivity contribution < 1.29 is 19.1 Å². The van der Waals surface area contributed by atoms with E-state index >= 15 is 0 Å². The van der Waals surface area contributed by atoms with Crippen LogP contribution in [-0.2, 0) is 25.5 Å². The van der Waals surface area contributed by atoms with Gasteiger partial charge in [-0.15, -0.1) is 0 Å². The number of amides is 3. The Hall–Kier alpha value is -2.45. The molecule has 0 spiro atoms. The van der Waals surface area contributed by atoms with Crippen LogP contribution in [0.3, 0.4) is 0 Å². The number of ether oxygens (including phenoxy) is 1. The zero-order chi connectivity index (χ0) is 22.1. The monoisotopic (exact) mass is 428 g/mol. The van der Waals surface area contributed by atoms with Gasteiger partial charge in [-0.1, -0.05) is 24.3 Å². The highest BCUT2D eigenvalue weighted by Crippen LogP contribution is 2.34. The molecule has 0 aromatic heterocycles. The molecule has 8 heteroatoms. The van der Waals surface area contributed by atoms with E-state index in [0.29, 0.717) is 12.8 Å². The summed E-state index contributed by atoms with van der Waals surface area (Å²) in [4.78, 5) is 40.4. The van der Waals surface area contributed by atoms with Crippen molar-refractivity contribution in [2.75, 3.05) is 7.05 Å². The van der Waals surface area contributed by atoms with Crippen molar-refractivity contribution in [2.45, 2.75) is 82.5 Å². The van der Waals surface area contributed by atoms with Gasteiger partial charge < -0.3 is 25.6 Å². The molecule has 6 unspecified atom stereocenters. The van der Waals surface area contributed by atoms with E-state index in [0.717, 1.165) is 24.8 Å². The maximum absolute atomic E-state index is 13.3. The molecule has 4 rings (SSSR count). The largest absolute Gasteiger partial charge is 0.353 e. The first kappa shape index (κ1) is 21.8. The van der Waals surface area contributed by atoms with Gasteiger partial charge in [-0.25, -0.2) is 0 Å². The molecule has 1 aromatic rings. The molecule has 0 saturated carbocycles. The van der Waals surface area contributed by atoms with Crippen LogP contribution in [-0.4, -0.2) is 60.1 Å². The number of hydrogen-bond acceptors (Lipinski definition) is 5. The van der Waals surface area contributed by atoms with E-state index in [4.69, 9.17) is 4.74 Å². The van der Waals surface area contributed by atoms with Crippen molar-refractivity contribution in [1.29, 1.82) is 0 Å². The number of rotatable bonds is 5. The Morgan fingerprint density at radius 3 is 2.71 bits per heavy atom. The predicted octanol–water partition coefficient (Wildman–Crippen LogP) is 1.01. The Balaban J connectivity index is 1.47. The smallest absolute Gasteiger partial charge is 0.250 e. The second kappa shape index (κ2) is 8.96. The average Bonchev–Trinajstić information content (AvgIpc) is 3.20. The number of likely N-dealkylation sites (N-methyl/N-ethyl adjacent to an activating group) is 1. The van der Waals surface area contributed by atoms with Crippen LogP contribution in [0.2, 0.25) is 0 Å². The molecule has 1 aliphatic carbocycles. The third-order valence-corrected chi connectivity index (χ3v) is 6.81. The van der Waals surface area contributed by atoms with Gasteiger partial charge in [0.1, 0.15) is 18.3 Å². The standard InChI is InChI=1S/C23H32N4O4/c1-13(24-3)21(28)26-20-14(2)31-19-12-11-18(27(19)23(20)30)22(29)25-17-10-6-8-15-7-4-5-9-16(15)17/h4-5,7,9,13-14,17-20,24H,6,8,10-12H2,1-3H3,(H,25,29)(H,26,28). The summed E-state index contributed by atoms with van der Waals surface area (Å²) in [5, 5.41) is 8.83. The van der Waals surface area contributed by atoms with Crippen molar-refractivity contribution >= 4 is 17.7 Å². The molecule has 8 nitrogen and oxygen atoms in total. The van der Waals surface area contributed by atoms with Crippen LogP contribution < -0.4 is 16.0 Å². The minimum Gasteiger partial charge on any atom is -0.353 e. The number of carbonyl (C=O) groups excluding carboxylic acids is 3. The van der Waals surface area contributed by atoms with Gasteiger partial charge in [0, 0.05) is 0 Å². The Morgan fingerprint density at radius 1 is 1.16 bits per heavy atom. The molecule has 168 valence electrons. The Bertz CT molecular complexity index is 860. The number of hydrogen-bond donors (Lipinski definition) is 3. The summed E-state index contributed by atoms with van der Waals surface area (Å²) < 4.78 is 6.02. The van der Waals surface area contributed by atoms with Crippen LogP contribution in [0.15, 0.2) is 24.3 Å². The lowest BCUT2D eigenvalue weighted by Gasteiger charge is -2.41. The van der Waals surface area contributed by atoms with Gasteiger partial charge in [0.15, 0.2) is 0 Å². The van der Waals surface area contributed by atoms with Crippen LogP contribution in [0, 0.1) is 0 Å². The normalized spacial score (nSPS) is 30.9. The van der Waals surface area contributed by atoms with Crippen molar-refractivity contribution in [3.05, 3.63) is 35.4 Å².